The fourth-order valence-electron chi connectivity index (χ4n) is 3.88. The highest BCUT2D eigenvalue weighted by Gasteiger charge is 2.27. The molecule has 2 heterocycles. The summed E-state index contributed by atoms with van der Waals surface area (Å²) in [6.45, 7) is 18.1. The second-order valence-corrected chi connectivity index (χ2v) is 10.9. The van der Waals surface area contributed by atoms with Crippen molar-refractivity contribution in [1.29, 1.82) is 0 Å². The van der Waals surface area contributed by atoms with Crippen molar-refractivity contribution in [3.63, 3.8) is 0 Å². The zero-order valence-corrected chi connectivity index (χ0v) is 22.8. The first-order valence-electron chi connectivity index (χ1n) is 12.2. The van der Waals surface area contributed by atoms with Gasteiger partial charge in [0.2, 0.25) is 11.6 Å². The molecule has 0 radical (unpaired) electrons. The molecule has 0 saturated heterocycles. The predicted octanol–water partition coefficient (Wildman–Crippen LogP) is 3.14. The molecule has 0 atom stereocenters. The summed E-state index contributed by atoms with van der Waals surface area (Å²) in [6.07, 6.45) is 1.55. The SMILES string of the molecule is CCN(CC)Cc1c(C(=O)NN=Cc2cc(C(C)(C)C)c(O)c(C(C)(C)C)c2)nnn1-c1nonc1N. The van der Waals surface area contributed by atoms with Crippen LogP contribution in [0.3, 0.4) is 0 Å². The van der Waals surface area contributed by atoms with Gasteiger partial charge in [-0.1, -0.05) is 60.6 Å². The van der Waals surface area contributed by atoms with Crippen LogP contribution in [-0.4, -0.2) is 60.5 Å². The molecule has 0 unspecified atom stereocenters. The average molecular weight is 512 g/mol. The average Bonchev–Trinajstić information content (AvgIpc) is 3.42. The maximum atomic E-state index is 13.1. The van der Waals surface area contributed by atoms with Gasteiger partial charge in [0.25, 0.3) is 5.91 Å². The Morgan fingerprint density at radius 1 is 1.14 bits per heavy atom. The monoisotopic (exact) mass is 511 g/mol. The number of aromatic nitrogens is 5. The summed E-state index contributed by atoms with van der Waals surface area (Å²) in [7, 11) is 0. The van der Waals surface area contributed by atoms with Crippen LogP contribution in [0, 0.1) is 0 Å². The minimum Gasteiger partial charge on any atom is -0.507 e. The Labute approximate surface area is 216 Å². The van der Waals surface area contributed by atoms with Crippen molar-refractivity contribution in [3.8, 4) is 11.6 Å². The molecule has 12 nitrogen and oxygen atoms in total. The number of anilines is 1. The number of hydrazone groups is 1. The van der Waals surface area contributed by atoms with E-state index >= 15 is 0 Å². The molecule has 3 rings (SSSR count). The van der Waals surface area contributed by atoms with Gasteiger partial charge in [0.05, 0.1) is 11.9 Å². The molecule has 0 aliphatic heterocycles. The van der Waals surface area contributed by atoms with Crippen LogP contribution in [0.15, 0.2) is 21.9 Å². The van der Waals surface area contributed by atoms with Crippen LogP contribution in [-0.2, 0) is 17.4 Å². The topological polar surface area (TPSA) is 161 Å². The van der Waals surface area contributed by atoms with Crippen LogP contribution in [0.4, 0.5) is 5.82 Å². The third-order valence-corrected chi connectivity index (χ3v) is 6.07. The molecule has 0 bridgehead atoms. The predicted molar refractivity (Wildman–Crippen MR) is 141 cm³/mol. The lowest BCUT2D eigenvalue weighted by atomic mass is 9.78. The number of rotatable bonds is 8. The summed E-state index contributed by atoms with van der Waals surface area (Å²) in [4.78, 5) is 15.2. The first-order valence-corrected chi connectivity index (χ1v) is 12.2. The number of amides is 1. The zero-order valence-electron chi connectivity index (χ0n) is 22.8. The van der Waals surface area contributed by atoms with Gasteiger partial charge < -0.3 is 10.8 Å². The van der Waals surface area contributed by atoms with E-state index in [-0.39, 0.29) is 33.9 Å². The summed E-state index contributed by atoms with van der Waals surface area (Å²) in [5.41, 5.74) is 10.7. The summed E-state index contributed by atoms with van der Waals surface area (Å²) in [5, 5.41) is 30.6. The molecule has 0 aliphatic rings. The molecule has 0 aliphatic carbocycles. The molecule has 3 aromatic rings. The smallest absolute Gasteiger partial charge is 0.293 e. The van der Waals surface area contributed by atoms with E-state index in [0.29, 0.717) is 12.2 Å². The highest BCUT2D eigenvalue weighted by Crippen LogP contribution is 2.39. The van der Waals surface area contributed by atoms with E-state index in [4.69, 9.17) is 10.4 Å². The van der Waals surface area contributed by atoms with Crippen LogP contribution >= 0.6 is 0 Å². The Morgan fingerprint density at radius 3 is 2.22 bits per heavy atom. The highest BCUT2D eigenvalue weighted by atomic mass is 16.6. The van der Waals surface area contributed by atoms with E-state index in [1.54, 1.807) is 6.21 Å². The Morgan fingerprint density at radius 2 is 1.73 bits per heavy atom. The van der Waals surface area contributed by atoms with Gasteiger partial charge in [-0.2, -0.15) is 9.78 Å². The van der Waals surface area contributed by atoms with E-state index in [0.717, 1.165) is 29.8 Å². The molecule has 0 spiro atoms. The summed E-state index contributed by atoms with van der Waals surface area (Å²) in [5.74, 6) is -0.0657. The number of nitrogen functional groups attached to an aromatic ring is 1. The largest absolute Gasteiger partial charge is 0.507 e. The maximum Gasteiger partial charge on any atom is 0.293 e. The second-order valence-electron chi connectivity index (χ2n) is 10.9. The number of benzene rings is 1. The molecule has 0 fully saturated rings. The fourth-order valence-corrected chi connectivity index (χ4v) is 3.88. The normalized spacial score (nSPS) is 12.6. The number of nitrogens with zero attached hydrogens (tertiary/aromatic N) is 7. The molecule has 1 aromatic carbocycles. The van der Waals surface area contributed by atoms with Crippen molar-refractivity contribution in [2.75, 3.05) is 18.8 Å². The first kappa shape index (κ1) is 27.8. The molecule has 12 heteroatoms. The third-order valence-electron chi connectivity index (χ3n) is 6.07. The number of nitrogens with two attached hydrogens (primary N) is 1. The summed E-state index contributed by atoms with van der Waals surface area (Å²) >= 11 is 0. The first-order chi connectivity index (χ1) is 17.3. The van der Waals surface area contributed by atoms with Crippen LogP contribution in [0.2, 0.25) is 0 Å². The maximum absolute atomic E-state index is 13.1. The lowest BCUT2D eigenvalue weighted by Gasteiger charge is -2.27. The van der Waals surface area contributed by atoms with Crippen LogP contribution in [0.25, 0.3) is 5.82 Å². The van der Waals surface area contributed by atoms with Crippen molar-refractivity contribution < 1.29 is 14.5 Å². The number of hydrogen-bond acceptors (Lipinski definition) is 10. The number of phenols is 1. The van der Waals surface area contributed by atoms with Gasteiger partial charge in [-0.05, 0) is 51.9 Å². The number of carbonyl (C=O) groups excluding carboxylic acids is 1. The third kappa shape index (κ3) is 6.13. The Kier molecular flexibility index (Phi) is 8.01. The minimum atomic E-state index is -0.537. The molecule has 200 valence electrons. The molecule has 1 amide bonds. The van der Waals surface area contributed by atoms with E-state index in [9.17, 15) is 9.90 Å². The number of carbonyl (C=O) groups is 1. The van der Waals surface area contributed by atoms with Gasteiger partial charge in [-0.3, -0.25) is 9.69 Å². The van der Waals surface area contributed by atoms with Crippen molar-refractivity contribution in [2.24, 2.45) is 5.10 Å². The number of phenolic OH excluding ortho intramolecular Hbond substituents is 1. The Hall–Kier alpha value is -3.80. The van der Waals surface area contributed by atoms with Crippen LogP contribution < -0.4 is 11.2 Å². The van der Waals surface area contributed by atoms with Crippen LogP contribution in [0.1, 0.15) is 88.3 Å². The van der Waals surface area contributed by atoms with Crippen molar-refractivity contribution in [2.45, 2.75) is 72.8 Å². The van der Waals surface area contributed by atoms with Crippen molar-refractivity contribution >= 4 is 17.9 Å². The standard InChI is InChI=1S/C25H37N9O3/c1-9-33(10-2)14-18-19(28-32-34(18)22-21(26)30-37-31-22)23(36)29-27-13-15-11-16(24(3,4)5)20(35)17(12-15)25(6,7)8/h11-13,35H,9-10,14H2,1-8H3,(H2,26,30)(H,29,36). The minimum absolute atomic E-state index is 0.0345. The van der Waals surface area contributed by atoms with Crippen LogP contribution in [0.5, 0.6) is 5.75 Å². The zero-order chi connectivity index (χ0) is 27.5. The lowest BCUT2D eigenvalue weighted by molar-refractivity contribution is 0.0948. The van der Waals surface area contributed by atoms with Crippen molar-refractivity contribution in [3.05, 3.63) is 40.2 Å². The molecule has 37 heavy (non-hydrogen) atoms. The summed E-state index contributed by atoms with van der Waals surface area (Å²) < 4.78 is 6.06. The molecular formula is C25H37N9O3. The van der Waals surface area contributed by atoms with Crippen molar-refractivity contribution in [1.82, 2.24) is 35.6 Å². The van der Waals surface area contributed by atoms with E-state index in [1.165, 1.54) is 4.68 Å². The second kappa shape index (κ2) is 10.7. The number of aromatic hydroxyl groups is 1. The van der Waals surface area contributed by atoms with E-state index in [2.05, 4.69) is 36.1 Å². The lowest BCUT2D eigenvalue weighted by Crippen LogP contribution is -2.27. The molecule has 4 N–H and O–H groups in total. The van der Waals surface area contributed by atoms with Gasteiger partial charge in [-0.25, -0.2) is 10.1 Å². The summed E-state index contributed by atoms with van der Waals surface area (Å²) in [6, 6.07) is 3.76. The number of hydrogen-bond donors (Lipinski definition) is 3. The molecule has 2 aromatic heterocycles. The Balaban J connectivity index is 1.93. The highest BCUT2D eigenvalue weighted by molar-refractivity contribution is 5.94. The van der Waals surface area contributed by atoms with Gasteiger partial charge in [0.1, 0.15) is 5.75 Å². The number of nitrogens with one attached hydrogen (secondary N) is 1. The van der Waals surface area contributed by atoms with E-state index < -0.39 is 5.91 Å². The van der Waals surface area contributed by atoms with Gasteiger partial charge in [0, 0.05) is 17.7 Å². The Bertz CT molecular complexity index is 1240. The quantitative estimate of drug-likeness (QED) is 0.305. The van der Waals surface area contributed by atoms with Gasteiger partial charge in [0.15, 0.2) is 5.69 Å². The van der Waals surface area contributed by atoms with Gasteiger partial charge in [-0.15, -0.1) is 5.10 Å². The molecule has 0 saturated carbocycles. The fraction of sp³-hybridized carbons (Fsp3) is 0.520. The molecular weight excluding hydrogens is 474 g/mol. The van der Waals surface area contributed by atoms with Gasteiger partial charge >= 0.3 is 0 Å². The van der Waals surface area contributed by atoms with E-state index in [1.807, 2.05) is 67.5 Å².